The lowest BCUT2D eigenvalue weighted by Gasteiger charge is -2.10. The fourth-order valence-electron chi connectivity index (χ4n) is 2.53. The van der Waals surface area contributed by atoms with Crippen molar-refractivity contribution in [3.05, 3.63) is 68.5 Å². The van der Waals surface area contributed by atoms with Crippen LogP contribution in [0.5, 0.6) is 0 Å². The number of aromatic nitrogens is 3. The van der Waals surface area contributed by atoms with Crippen molar-refractivity contribution in [1.82, 2.24) is 14.8 Å². The summed E-state index contributed by atoms with van der Waals surface area (Å²) in [5.74, 6) is -1.03. The van der Waals surface area contributed by atoms with Crippen molar-refractivity contribution in [2.75, 3.05) is 11.9 Å². The largest absolute Gasteiger partial charge is 0.451 e. The quantitative estimate of drug-likeness (QED) is 0.569. The standard InChI is InChI=1S/C19H15Cl3N4O3/c1-10-7-11(2)26(25-10)16-6-5-14(22)18(24-16)19(28)29-9-17(27)23-15-8-12(20)3-4-13(15)21/h3-8H,9H2,1-2H3,(H,23,27). The van der Waals surface area contributed by atoms with E-state index in [1.54, 1.807) is 22.9 Å². The molecule has 0 saturated heterocycles. The van der Waals surface area contributed by atoms with Crippen molar-refractivity contribution in [2.45, 2.75) is 13.8 Å². The van der Waals surface area contributed by atoms with E-state index in [-0.39, 0.29) is 10.7 Å². The number of carbonyl (C=O) groups excluding carboxylic acids is 2. The average molecular weight is 454 g/mol. The molecule has 0 aliphatic rings. The summed E-state index contributed by atoms with van der Waals surface area (Å²) in [4.78, 5) is 28.7. The highest BCUT2D eigenvalue weighted by atomic mass is 35.5. The van der Waals surface area contributed by atoms with Crippen LogP contribution in [0.3, 0.4) is 0 Å². The number of pyridine rings is 1. The summed E-state index contributed by atoms with van der Waals surface area (Å²) >= 11 is 18.0. The number of aryl methyl sites for hydroxylation is 2. The third-order valence-corrected chi connectivity index (χ3v) is 4.66. The fraction of sp³-hybridized carbons (Fsp3) is 0.158. The van der Waals surface area contributed by atoms with E-state index < -0.39 is 18.5 Å². The first-order valence-electron chi connectivity index (χ1n) is 8.37. The second-order valence-electron chi connectivity index (χ2n) is 6.09. The SMILES string of the molecule is Cc1cc(C)n(-c2ccc(Cl)c(C(=O)OCC(=O)Nc3cc(Cl)ccc3Cl)n2)n1. The molecule has 0 fully saturated rings. The van der Waals surface area contributed by atoms with E-state index in [0.29, 0.717) is 21.6 Å². The van der Waals surface area contributed by atoms with Crippen molar-refractivity contribution in [3.8, 4) is 5.82 Å². The summed E-state index contributed by atoms with van der Waals surface area (Å²) in [6.45, 7) is 3.16. The molecule has 0 bridgehead atoms. The first kappa shape index (κ1) is 21.1. The molecule has 2 aromatic heterocycles. The number of anilines is 1. The summed E-state index contributed by atoms with van der Waals surface area (Å²) < 4.78 is 6.62. The Hall–Kier alpha value is -2.61. The molecule has 1 amide bonds. The molecule has 3 aromatic rings. The van der Waals surface area contributed by atoms with Crippen LogP contribution in [0, 0.1) is 13.8 Å². The van der Waals surface area contributed by atoms with Crippen molar-refractivity contribution in [1.29, 1.82) is 0 Å². The summed E-state index contributed by atoms with van der Waals surface area (Å²) in [6, 6.07) is 9.64. The molecule has 0 radical (unpaired) electrons. The van der Waals surface area contributed by atoms with Crippen LogP contribution in [-0.4, -0.2) is 33.2 Å². The molecule has 0 unspecified atom stereocenters. The predicted octanol–water partition coefficient (Wildman–Crippen LogP) is 4.64. The van der Waals surface area contributed by atoms with E-state index >= 15 is 0 Å². The second kappa shape index (κ2) is 8.82. The molecule has 29 heavy (non-hydrogen) atoms. The predicted molar refractivity (Wildman–Crippen MR) is 111 cm³/mol. The molecule has 150 valence electrons. The van der Waals surface area contributed by atoms with Crippen molar-refractivity contribution >= 4 is 52.4 Å². The second-order valence-corrected chi connectivity index (χ2v) is 7.34. The number of carbonyl (C=O) groups is 2. The Morgan fingerprint density at radius 3 is 2.48 bits per heavy atom. The first-order valence-corrected chi connectivity index (χ1v) is 9.50. The topological polar surface area (TPSA) is 86.1 Å². The maximum atomic E-state index is 12.4. The lowest BCUT2D eigenvalue weighted by molar-refractivity contribution is -0.119. The zero-order valence-corrected chi connectivity index (χ0v) is 17.6. The van der Waals surface area contributed by atoms with Crippen LogP contribution >= 0.6 is 34.8 Å². The molecule has 0 saturated carbocycles. The highest BCUT2D eigenvalue weighted by Gasteiger charge is 2.18. The minimum absolute atomic E-state index is 0.0959. The van der Waals surface area contributed by atoms with Gasteiger partial charge in [0.05, 0.1) is 21.4 Å². The van der Waals surface area contributed by atoms with Crippen LogP contribution in [0.25, 0.3) is 5.82 Å². The van der Waals surface area contributed by atoms with Crippen molar-refractivity contribution in [3.63, 3.8) is 0 Å². The Morgan fingerprint density at radius 1 is 1.07 bits per heavy atom. The fourth-order valence-corrected chi connectivity index (χ4v) is 3.05. The zero-order chi connectivity index (χ0) is 21.1. The molecular formula is C19H15Cl3N4O3. The number of esters is 1. The van der Waals surface area contributed by atoms with Gasteiger partial charge in [-0.2, -0.15) is 5.10 Å². The van der Waals surface area contributed by atoms with Crippen LogP contribution in [0.2, 0.25) is 15.1 Å². The Balaban J connectivity index is 1.70. The lowest BCUT2D eigenvalue weighted by Crippen LogP contribution is -2.22. The van der Waals surface area contributed by atoms with Crippen LogP contribution in [0.1, 0.15) is 21.9 Å². The number of nitrogens with one attached hydrogen (secondary N) is 1. The van der Waals surface area contributed by atoms with Gasteiger partial charge in [-0.05, 0) is 50.2 Å². The maximum Gasteiger partial charge on any atom is 0.359 e. The molecule has 0 spiro atoms. The normalized spacial score (nSPS) is 10.7. The van der Waals surface area contributed by atoms with Gasteiger partial charge in [-0.1, -0.05) is 34.8 Å². The van der Waals surface area contributed by atoms with E-state index in [0.717, 1.165) is 11.4 Å². The Labute approximate surface area is 181 Å². The van der Waals surface area contributed by atoms with E-state index in [4.69, 9.17) is 39.5 Å². The molecule has 1 aromatic carbocycles. The van der Waals surface area contributed by atoms with Gasteiger partial charge >= 0.3 is 5.97 Å². The molecule has 2 heterocycles. The molecule has 0 aliphatic carbocycles. The summed E-state index contributed by atoms with van der Waals surface area (Å²) in [5, 5.41) is 7.64. The molecule has 7 nitrogen and oxygen atoms in total. The van der Waals surface area contributed by atoms with Gasteiger partial charge in [0, 0.05) is 10.7 Å². The number of amides is 1. The molecule has 10 heteroatoms. The van der Waals surface area contributed by atoms with E-state index in [1.807, 2.05) is 19.9 Å². The van der Waals surface area contributed by atoms with Gasteiger partial charge in [0.25, 0.3) is 5.91 Å². The number of ether oxygens (including phenoxy) is 1. The Kier molecular flexibility index (Phi) is 6.42. The molecule has 0 atom stereocenters. The van der Waals surface area contributed by atoms with E-state index in [1.165, 1.54) is 12.1 Å². The monoisotopic (exact) mass is 452 g/mol. The number of hydrogen-bond donors (Lipinski definition) is 1. The average Bonchev–Trinajstić information content (AvgIpc) is 3.01. The van der Waals surface area contributed by atoms with Gasteiger partial charge in [-0.25, -0.2) is 14.5 Å². The van der Waals surface area contributed by atoms with E-state index in [2.05, 4.69) is 15.4 Å². The van der Waals surface area contributed by atoms with Gasteiger partial charge in [-0.3, -0.25) is 4.79 Å². The summed E-state index contributed by atoms with van der Waals surface area (Å²) in [7, 11) is 0. The number of benzene rings is 1. The minimum atomic E-state index is -0.842. The van der Waals surface area contributed by atoms with Crippen LogP contribution in [0.4, 0.5) is 5.69 Å². The van der Waals surface area contributed by atoms with Crippen LogP contribution < -0.4 is 5.32 Å². The summed E-state index contributed by atoms with van der Waals surface area (Å²) in [5.41, 5.74) is 1.84. The van der Waals surface area contributed by atoms with Gasteiger partial charge in [0.15, 0.2) is 18.1 Å². The molecule has 0 aliphatic heterocycles. The van der Waals surface area contributed by atoms with Gasteiger partial charge in [0.1, 0.15) is 0 Å². The maximum absolute atomic E-state index is 12.4. The number of hydrogen-bond acceptors (Lipinski definition) is 5. The number of nitrogens with zero attached hydrogens (tertiary/aromatic N) is 3. The zero-order valence-electron chi connectivity index (χ0n) is 15.4. The Morgan fingerprint density at radius 2 is 1.79 bits per heavy atom. The van der Waals surface area contributed by atoms with Crippen molar-refractivity contribution < 1.29 is 14.3 Å². The highest BCUT2D eigenvalue weighted by molar-refractivity contribution is 6.35. The molecular weight excluding hydrogens is 439 g/mol. The minimum Gasteiger partial charge on any atom is -0.451 e. The molecule has 3 rings (SSSR count). The first-order chi connectivity index (χ1) is 13.7. The number of halogens is 3. The van der Waals surface area contributed by atoms with Gasteiger partial charge in [0.2, 0.25) is 0 Å². The third kappa shape index (κ3) is 5.06. The Bertz CT molecular complexity index is 1100. The van der Waals surface area contributed by atoms with Crippen molar-refractivity contribution in [2.24, 2.45) is 0 Å². The summed E-state index contributed by atoms with van der Waals surface area (Å²) in [6.07, 6.45) is 0. The van der Waals surface area contributed by atoms with Gasteiger partial charge in [-0.15, -0.1) is 0 Å². The number of rotatable bonds is 5. The van der Waals surface area contributed by atoms with Gasteiger partial charge < -0.3 is 10.1 Å². The lowest BCUT2D eigenvalue weighted by atomic mass is 10.3. The van der Waals surface area contributed by atoms with E-state index in [9.17, 15) is 9.59 Å². The smallest absolute Gasteiger partial charge is 0.359 e. The van der Waals surface area contributed by atoms with Crippen LogP contribution in [-0.2, 0) is 9.53 Å². The highest BCUT2D eigenvalue weighted by Crippen LogP contribution is 2.25. The third-order valence-electron chi connectivity index (χ3n) is 3.79. The van der Waals surface area contributed by atoms with Crippen LogP contribution in [0.15, 0.2) is 36.4 Å². The molecule has 1 N–H and O–H groups in total.